The fourth-order valence-electron chi connectivity index (χ4n) is 1.56. The number of hydrogen-bond donors (Lipinski definition) is 0. The highest BCUT2D eigenvalue weighted by Crippen LogP contribution is 2.26. The van der Waals surface area contributed by atoms with Gasteiger partial charge in [0.25, 0.3) is 0 Å². The molecule has 0 nitrogen and oxygen atoms in total. The minimum absolute atomic E-state index is 0.740. The van der Waals surface area contributed by atoms with Crippen molar-refractivity contribution in [3.8, 4) is 11.1 Å². The normalized spacial score (nSPS) is 10.4. The van der Waals surface area contributed by atoms with E-state index < -0.39 is 0 Å². The maximum Gasteiger partial charge on any atom is 0.175 e. The maximum atomic E-state index is 6.04. The summed E-state index contributed by atoms with van der Waals surface area (Å²) < 4.78 is 3.33. The van der Waals surface area contributed by atoms with Gasteiger partial charge in [-0.15, -0.1) is 8.85 Å². The van der Waals surface area contributed by atoms with Crippen LogP contribution in [0.15, 0.2) is 40.9 Å². The third-order valence-electron chi connectivity index (χ3n) is 2.17. The second kappa shape index (κ2) is 5.28. The first-order valence-corrected chi connectivity index (χ1v) is 7.00. The molecule has 0 aliphatic rings. The van der Waals surface area contributed by atoms with Crippen LogP contribution < -0.4 is 8.85 Å². The van der Waals surface area contributed by atoms with E-state index in [0.717, 1.165) is 15.1 Å². The van der Waals surface area contributed by atoms with Crippen LogP contribution in [0, 0.1) is 0 Å². The molecule has 0 aliphatic carbocycles. The standard InChI is InChI=1S/C12H6BrCl.2Al/c13-11-6-10(7-12(14)8-11)9-4-2-1-3-5-9;;/h1,4-8H;;. The minimum Gasteiger partial charge on any atom is -0.139 e. The Labute approximate surface area is 125 Å². The van der Waals surface area contributed by atoms with Gasteiger partial charge in [-0.2, -0.15) is 0 Å². The average Bonchev–Trinajstić information content (AvgIpc) is 2.14. The van der Waals surface area contributed by atoms with Crippen molar-refractivity contribution in [3.63, 3.8) is 0 Å². The van der Waals surface area contributed by atoms with E-state index in [9.17, 15) is 0 Å². The molecule has 0 unspecified atom stereocenters. The van der Waals surface area contributed by atoms with E-state index in [4.69, 9.17) is 11.6 Å². The molecule has 0 atom stereocenters. The second-order valence-electron chi connectivity index (χ2n) is 3.55. The summed E-state index contributed by atoms with van der Waals surface area (Å²) in [6.45, 7) is 0. The first-order valence-electron chi connectivity index (χ1n) is 4.67. The van der Waals surface area contributed by atoms with Gasteiger partial charge in [0, 0.05) is 9.50 Å². The molecule has 0 saturated heterocycles. The largest absolute Gasteiger partial charge is 0.175 e. The zero-order chi connectivity index (χ0) is 11.7. The topological polar surface area (TPSA) is 0 Å². The predicted octanol–water partition coefficient (Wildman–Crippen LogP) is 2.36. The van der Waals surface area contributed by atoms with Crippen LogP contribution in [0.3, 0.4) is 0 Å². The summed E-state index contributed by atoms with van der Waals surface area (Å²) in [6, 6.07) is 12.3. The van der Waals surface area contributed by atoms with Gasteiger partial charge in [0.2, 0.25) is 0 Å². The lowest BCUT2D eigenvalue weighted by atomic mass is 10.1. The molecule has 2 rings (SSSR count). The first kappa shape index (κ1) is 12.7. The summed E-state index contributed by atoms with van der Waals surface area (Å²) in [5.74, 6) is 0. The van der Waals surface area contributed by atoms with Gasteiger partial charge in [-0.1, -0.05) is 45.7 Å². The first-order chi connectivity index (χ1) is 7.54. The van der Waals surface area contributed by atoms with Crippen LogP contribution in [0.1, 0.15) is 0 Å². The molecule has 0 amide bonds. The van der Waals surface area contributed by atoms with Gasteiger partial charge < -0.3 is 0 Å². The molecule has 0 aromatic heterocycles. The van der Waals surface area contributed by atoms with Crippen molar-refractivity contribution in [1.82, 2.24) is 0 Å². The second-order valence-corrected chi connectivity index (χ2v) is 6.23. The number of hydrogen-bond acceptors (Lipinski definition) is 0. The molecule has 4 radical (unpaired) electrons. The molecular formula is C12H6Al2BrCl. The zero-order valence-corrected chi connectivity index (χ0v) is 13.0. The lowest BCUT2D eigenvalue weighted by Gasteiger charge is -2.07. The van der Waals surface area contributed by atoms with Crippen LogP contribution >= 0.6 is 27.5 Å². The van der Waals surface area contributed by atoms with Crippen LogP contribution in [-0.2, 0) is 0 Å². The fraction of sp³-hybridized carbons (Fsp3) is 0. The Balaban J connectivity index is 2.57. The maximum absolute atomic E-state index is 6.04. The van der Waals surface area contributed by atoms with Crippen LogP contribution in [-0.4, -0.2) is 32.6 Å². The van der Waals surface area contributed by atoms with E-state index in [1.165, 1.54) is 14.4 Å². The molecule has 2 aromatic carbocycles. The molecule has 74 valence electrons. The lowest BCUT2D eigenvalue weighted by Crippen LogP contribution is -2.13. The molecule has 4 heteroatoms. The van der Waals surface area contributed by atoms with Crippen LogP contribution in [0.2, 0.25) is 5.02 Å². The van der Waals surface area contributed by atoms with E-state index in [1.54, 1.807) is 0 Å². The minimum atomic E-state index is 0.740. The highest BCUT2D eigenvalue weighted by atomic mass is 79.9. The SMILES string of the molecule is [Al][c]1c[c]([Al])cc(-c2cc(Cl)cc(Br)c2)c1. The summed E-state index contributed by atoms with van der Waals surface area (Å²) in [5, 5.41) is 0.740. The summed E-state index contributed by atoms with van der Waals surface area (Å²) in [7, 11) is 0. The Morgan fingerprint density at radius 1 is 0.812 bits per heavy atom. The smallest absolute Gasteiger partial charge is 0.139 e. The van der Waals surface area contributed by atoms with Gasteiger partial charge in [-0.05, 0) is 29.3 Å². The molecule has 16 heavy (non-hydrogen) atoms. The van der Waals surface area contributed by atoms with Crippen molar-refractivity contribution in [2.75, 3.05) is 0 Å². The number of rotatable bonds is 1. The third-order valence-corrected chi connectivity index (χ3v) is 3.52. The lowest BCUT2D eigenvalue weighted by molar-refractivity contribution is 1.61. The molecule has 0 N–H and O–H groups in total. The third kappa shape index (κ3) is 3.15. The molecule has 0 spiro atoms. The Morgan fingerprint density at radius 3 is 1.94 bits per heavy atom. The van der Waals surface area contributed by atoms with E-state index in [2.05, 4.69) is 72.8 Å². The van der Waals surface area contributed by atoms with E-state index >= 15 is 0 Å². The Morgan fingerprint density at radius 2 is 1.38 bits per heavy atom. The van der Waals surface area contributed by atoms with E-state index in [-0.39, 0.29) is 0 Å². The van der Waals surface area contributed by atoms with Crippen molar-refractivity contribution in [1.29, 1.82) is 0 Å². The molecular weight excluding hydrogens is 313 g/mol. The van der Waals surface area contributed by atoms with Crippen LogP contribution in [0.5, 0.6) is 0 Å². The zero-order valence-electron chi connectivity index (χ0n) is 8.37. The Hall–Kier alpha value is 0.275. The highest BCUT2D eigenvalue weighted by molar-refractivity contribution is 9.10. The monoisotopic (exact) mass is 318 g/mol. The van der Waals surface area contributed by atoms with Crippen LogP contribution in [0.4, 0.5) is 0 Å². The fourth-order valence-corrected chi connectivity index (χ4v) is 3.36. The molecule has 0 heterocycles. The van der Waals surface area contributed by atoms with E-state index in [0.29, 0.717) is 0 Å². The van der Waals surface area contributed by atoms with Crippen molar-refractivity contribution < 1.29 is 0 Å². The summed E-state index contributed by atoms with van der Waals surface area (Å²) in [5.41, 5.74) is 2.29. The van der Waals surface area contributed by atoms with Gasteiger partial charge in [-0.3, -0.25) is 0 Å². The summed E-state index contributed by atoms with van der Waals surface area (Å²) in [6.07, 6.45) is 0. The van der Waals surface area contributed by atoms with Crippen molar-refractivity contribution in [3.05, 3.63) is 45.9 Å². The Bertz CT molecular complexity index is 451. The number of halogens is 2. The van der Waals surface area contributed by atoms with Gasteiger partial charge in [0.1, 0.15) is 0 Å². The predicted molar refractivity (Wildman–Crippen MR) is 75.4 cm³/mol. The van der Waals surface area contributed by atoms with Crippen molar-refractivity contribution in [2.24, 2.45) is 0 Å². The molecule has 0 aliphatic heterocycles. The highest BCUT2D eigenvalue weighted by Gasteiger charge is 2.01. The van der Waals surface area contributed by atoms with E-state index in [1.807, 2.05) is 12.1 Å². The summed E-state index contributed by atoms with van der Waals surface area (Å²) >= 11 is 14.9. The summed E-state index contributed by atoms with van der Waals surface area (Å²) in [4.78, 5) is 0. The van der Waals surface area contributed by atoms with Crippen molar-refractivity contribution >= 4 is 69.0 Å². The quantitative estimate of drug-likeness (QED) is 0.708. The average molecular weight is 320 g/mol. The van der Waals surface area contributed by atoms with Gasteiger partial charge in [0.05, 0.1) is 0 Å². The van der Waals surface area contributed by atoms with Crippen LogP contribution in [0.25, 0.3) is 11.1 Å². The van der Waals surface area contributed by atoms with Gasteiger partial charge in [0.15, 0.2) is 32.6 Å². The molecule has 0 fully saturated rings. The molecule has 0 bridgehead atoms. The van der Waals surface area contributed by atoms with Gasteiger partial charge >= 0.3 is 0 Å². The molecule has 2 aromatic rings. The van der Waals surface area contributed by atoms with Crippen molar-refractivity contribution in [2.45, 2.75) is 0 Å². The van der Waals surface area contributed by atoms with Gasteiger partial charge in [-0.25, -0.2) is 0 Å². The Kier molecular flexibility index (Phi) is 4.20. The number of benzene rings is 2. The molecule has 0 saturated carbocycles.